The van der Waals surface area contributed by atoms with E-state index in [1.807, 2.05) is 13.8 Å². The fraction of sp³-hybridized carbons (Fsp3) is 0.357. The van der Waals surface area contributed by atoms with Gasteiger partial charge in [0, 0.05) is 0 Å². The molecule has 0 aliphatic heterocycles. The monoisotopic (exact) mass is 394 g/mol. The highest BCUT2D eigenvalue weighted by molar-refractivity contribution is 6.42. The van der Waals surface area contributed by atoms with E-state index in [1.54, 1.807) is 6.92 Å². The molecule has 2 aromatic heterocycles. The highest BCUT2D eigenvalue weighted by Crippen LogP contribution is 2.30. The van der Waals surface area contributed by atoms with Crippen molar-refractivity contribution < 1.29 is 4.74 Å². The third-order valence-electron chi connectivity index (χ3n) is 2.84. The van der Waals surface area contributed by atoms with Gasteiger partial charge in [-0.25, -0.2) is 9.97 Å². The molecule has 23 heavy (non-hydrogen) atoms. The first-order valence-corrected chi connectivity index (χ1v) is 8.20. The predicted octanol–water partition coefficient (Wildman–Crippen LogP) is 4.98. The summed E-state index contributed by atoms with van der Waals surface area (Å²) in [7, 11) is 0. The minimum atomic E-state index is -0.103. The van der Waals surface area contributed by atoms with Crippen molar-refractivity contribution in [1.82, 2.24) is 15.0 Å². The molecule has 9 heteroatoms. The number of nitrogens with zero attached hydrogens (tertiary/aromatic N) is 3. The molecule has 1 N–H and O–H groups in total. The van der Waals surface area contributed by atoms with Crippen molar-refractivity contribution in [1.29, 1.82) is 0 Å². The lowest BCUT2D eigenvalue weighted by atomic mass is 10.3. The number of hydrogen-bond donors (Lipinski definition) is 1. The van der Waals surface area contributed by atoms with E-state index in [9.17, 15) is 0 Å². The minimum absolute atomic E-state index is 0.103. The maximum absolute atomic E-state index is 6.20. The van der Waals surface area contributed by atoms with Crippen molar-refractivity contribution in [3.8, 4) is 5.88 Å². The first-order chi connectivity index (χ1) is 10.8. The van der Waals surface area contributed by atoms with Gasteiger partial charge in [0.15, 0.2) is 5.15 Å². The van der Waals surface area contributed by atoms with E-state index < -0.39 is 0 Å². The van der Waals surface area contributed by atoms with Gasteiger partial charge < -0.3 is 10.1 Å². The van der Waals surface area contributed by atoms with Crippen LogP contribution in [0.2, 0.25) is 20.2 Å². The molecule has 0 aliphatic rings. The van der Waals surface area contributed by atoms with Crippen molar-refractivity contribution in [2.45, 2.75) is 26.8 Å². The minimum Gasteiger partial charge on any atom is -0.474 e. The van der Waals surface area contributed by atoms with E-state index in [0.29, 0.717) is 27.4 Å². The SMILES string of the molecule is Cc1nc(C)c(Cl)c(NC(C)COc2nc(Cl)c(Cl)cc2Cl)n1. The quantitative estimate of drug-likeness (QED) is 0.723. The first-order valence-electron chi connectivity index (χ1n) is 6.69. The van der Waals surface area contributed by atoms with Gasteiger partial charge in [-0.1, -0.05) is 46.4 Å². The number of aromatic nitrogens is 3. The summed E-state index contributed by atoms with van der Waals surface area (Å²) in [6.45, 7) is 5.81. The highest BCUT2D eigenvalue weighted by Gasteiger charge is 2.14. The Labute approximate surface area is 154 Å². The van der Waals surface area contributed by atoms with Gasteiger partial charge in [0.2, 0.25) is 5.88 Å². The summed E-state index contributed by atoms with van der Waals surface area (Å²) in [5.41, 5.74) is 0.712. The Balaban J connectivity index is 2.04. The maximum Gasteiger partial charge on any atom is 0.234 e. The van der Waals surface area contributed by atoms with E-state index >= 15 is 0 Å². The summed E-state index contributed by atoms with van der Waals surface area (Å²) < 4.78 is 5.57. The molecule has 1 unspecified atom stereocenters. The molecule has 0 amide bonds. The van der Waals surface area contributed by atoms with Gasteiger partial charge in [-0.2, -0.15) is 4.98 Å². The molecule has 2 rings (SSSR count). The number of ether oxygens (including phenoxy) is 1. The van der Waals surface area contributed by atoms with Gasteiger partial charge in [-0.3, -0.25) is 0 Å². The van der Waals surface area contributed by atoms with Crippen molar-refractivity contribution in [3.63, 3.8) is 0 Å². The number of nitrogens with one attached hydrogen (secondary N) is 1. The molecule has 2 heterocycles. The van der Waals surface area contributed by atoms with Gasteiger partial charge in [-0.15, -0.1) is 0 Å². The van der Waals surface area contributed by atoms with Crippen LogP contribution in [0.15, 0.2) is 6.07 Å². The number of hydrogen-bond acceptors (Lipinski definition) is 5. The summed E-state index contributed by atoms with van der Waals surface area (Å²) in [6, 6.07) is 1.38. The Kier molecular flexibility index (Phi) is 6.14. The first kappa shape index (κ1) is 18.3. The van der Waals surface area contributed by atoms with Crippen LogP contribution in [-0.4, -0.2) is 27.6 Å². The Morgan fingerprint density at radius 2 is 1.78 bits per heavy atom. The molecule has 5 nitrogen and oxygen atoms in total. The van der Waals surface area contributed by atoms with Gasteiger partial charge >= 0.3 is 0 Å². The molecule has 0 radical (unpaired) electrons. The third-order valence-corrected chi connectivity index (χ3v) is 4.23. The number of pyridine rings is 1. The maximum atomic E-state index is 6.20. The molecule has 0 bridgehead atoms. The van der Waals surface area contributed by atoms with Crippen LogP contribution < -0.4 is 10.1 Å². The van der Waals surface area contributed by atoms with Crippen LogP contribution in [0, 0.1) is 13.8 Å². The van der Waals surface area contributed by atoms with Crippen LogP contribution in [0.1, 0.15) is 18.4 Å². The summed E-state index contributed by atoms with van der Waals surface area (Å²) in [5, 5.41) is 4.35. The summed E-state index contributed by atoms with van der Waals surface area (Å²) in [6.07, 6.45) is 0. The molecule has 1 atom stereocenters. The van der Waals surface area contributed by atoms with Gasteiger partial charge in [0.05, 0.1) is 16.8 Å². The standard InChI is InChI=1S/C14H14Cl4N4O/c1-6(19-13-11(17)7(2)20-8(3)21-13)5-23-14-10(16)4-9(15)12(18)22-14/h4,6H,5H2,1-3H3,(H,19,20,21). The van der Waals surface area contributed by atoms with Crippen LogP contribution in [0.3, 0.4) is 0 Å². The highest BCUT2D eigenvalue weighted by atomic mass is 35.5. The number of aryl methyl sites for hydroxylation is 2. The Bertz CT molecular complexity index is 726. The topological polar surface area (TPSA) is 59.9 Å². The summed E-state index contributed by atoms with van der Waals surface area (Å²) in [4.78, 5) is 12.5. The predicted molar refractivity (Wildman–Crippen MR) is 94.4 cm³/mol. The lowest BCUT2D eigenvalue weighted by molar-refractivity contribution is 0.292. The molecule has 0 spiro atoms. The molecule has 124 valence electrons. The van der Waals surface area contributed by atoms with E-state index in [1.165, 1.54) is 6.07 Å². The second-order valence-corrected chi connectivity index (χ2v) is 6.47. The van der Waals surface area contributed by atoms with Crippen LogP contribution in [-0.2, 0) is 0 Å². The van der Waals surface area contributed by atoms with Crippen LogP contribution in [0.4, 0.5) is 5.82 Å². The summed E-state index contributed by atoms with van der Waals surface area (Å²) >= 11 is 23.9. The number of halogens is 4. The van der Waals surface area contributed by atoms with Crippen molar-refractivity contribution in [2.75, 3.05) is 11.9 Å². The van der Waals surface area contributed by atoms with Crippen molar-refractivity contribution >= 4 is 52.2 Å². The largest absolute Gasteiger partial charge is 0.474 e. The Morgan fingerprint density at radius 1 is 1.09 bits per heavy atom. The van der Waals surface area contributed by atoms with Gasteiger partial charge in [0.1, 0.15) is 28.3 Å². The molecule has 0 saturated carbocycles. The lowest BCUT2D eigenvalue weighted by Gasteiger charge is -2.17. The second kappa shape index (κ2) is 7.71. The van der Waals surface area contributed by atoms with Crippen molar-refractivity contribution in [2.24, 2.45) is 0 Å². The van der Waals surface area contributed by atoms with E-state index in [2.05, 4.69) is 20.3 Å². The molecule has 0 aromatic carbocycles. The molecular formula is C14H14Cl4N4O. The molecule has 2 aromatic rings. The molecule has 0 saturated heterocycles. The number of anilines is 1. The Morgan fingerprint density at radius 3 is 2.48 bits per heavy atom. The molecular weight excluding hydrogens is 382 g/mol. The van der Waals surface area contributed by atoms with Gasteiger partial charge in [0.25, 0.3) is 0 Å². The van der Waals surface area contributed by atoms with E-state index in [-0.39, 0.29) is 28.7 Å². The van der Waals surface area contributed by atoms with E-state index in [4.69, 9.17) is 51.1 Å². The molecule has 0 aliphatic carbocycles. The average molecular weight is 396 g/mol. The van der Waals surface area contributed by atoms with Crippen molar-refractivity contribution in [3.05, 3.63) is 37.8 Å². The molecule has 0 fully saturated rings. The fourth-order valence-corrected chi connectivity index (χ4v) is 2.49. The second-order valence-electron chi connectivity index (χ2n) is 4.92. The van der Waals surface area contributed by atoms with Crippen LogP contribution in [0.5, 0.6) is 5.88 Å². The van der Waals surface area contributed by atoms with Crippen LogP contribution in [0.25, 0.3) is 0 Å². The van der Waals surface area contributed by atoms with E-state index in [0.717, 1.165) is 0 Å². The van der Waals surface area contributed by atoms with Gasteiger partial charge in [-0.05, 0) is 26.8 Å². The number of rotatable bonds is 5. The smallest absolute Gasteiger partial charge is 0.234 e. The van der Waals surface area contributed by atoms with Crippen LogP contribution >= 0.6 is 46.4 Å². The summed E-state index contributed by atoms with van der Waals surface area (Å²) in [5.74, 6) is 1.41. The fourth-order valence-electron chi connectivity index (χ4n) is 1.80. The zero-order valence-electron chi connectivity index (χ0n) is 12.6. The lowest BCUT2D eigenvalue weighted by Crippen LogP contribution is -2.25. The normalized spacial score (nSPS) is 12.1. The Hall–Kier alpha value is -1.01. The average Bonchev–Trinajstić information content (AvgIpc) is 2.46. The zero-order valence-corrected chi connectivity index (χ0v) is 15.6. The third kappa shape index (κ3) is 4.73. The zero-order chi connectivity index (χ0) is 17.1.